The van der Waals surface area contributed by atoms with Gasteiger partial charge in [0, 0.05) is 0 Å². The molecule has 4 radical (unpaired) electrons. The average molecular weight is 512 g/mol. The van der Waals surface area contributed by atoms with Gasteiger partial charge in [0.2, 0.25) is 0 Å². The van der Waals surface area contributed by atoms with Crippen molar-refractivity contribution < 1.29 is 30.6 Å². The van der Waals surface area contributed by atoms with Crippen molar-refractivity contribution >= 4 is 45.0 Å². The minimum atomic E-state index is -1.21. The summed E-state index contributed by atoms with van der Waals surface area (Å²) in [6, 6.07) is 0. The van der Waals surface area contributed by atoms with Crippen molar-refractivity contribution in [1.82, 2.24) is 0 Å². The van der Waals surface area contributed by atoms with E-state index in [1.807, 2.05) is 0 Å². The van der Waals surface area contributed by atoms with Crippen molar-refractivity contribution in [3.63, 3.8) is 0 Å². The first-order valence-corrected chi connectivity index (χ1v) is 12.3. The zero-order valence-electron chi connectivity index (χ0n) is 12.2. The molecule has 0 fully saturated rings. The Hall–Kier alpha value is 1.28. The number of aliphatic hydroxyl groups is 6. The molecule has 0 amide bonds. The van der Waals surface area contributed by atoms with Gasteiger partial charge in [0.1, 0.15) is 0 Å². The normalized spacial score (nSPS) is 10.2. The van der Waals surface area contributed by atoms with E-state index >= 15 is 0 Å². The molecule has 0 atom stereocenters. The van der Waals surface area contributed by atoms with Gasteiger partial charge in [-0.15, -0.1) is 0 Å². The summed E-state index contributed by atoms with van der Waals surface area (Å²) in [4.78, 5) is 4.26. The molecule has 0 saturated heterocycles. The summed E-state index contributed by atoms with van der Waals surface area (Å²) in [7, 11) is 0. The molecule has 0 heterocycles. The van der Waals surface area contributed by atoms with E-state index in [0.717, 1.165) is 0 Å². The Morgan fingerprint density at radius 3 is 0.650 bits per heavy atom. The van der Waals surface area contributed by atoms with Gasteiger partial charge in [-0.25, -0.2) is 0 Å². The van der Waals surface area contributed by atoms with Crippen LogP contribution in [0.4, 0.5) is 0 Å². The van der Waals surface area contributed by atoms with Crippen LogP contribution in [0.2, 0.25) is 9.88 Å². The fourth-order valence-corrected chi connectivity index (χ4v) is 0.300. The molecule has 0 unspecified atom stereocenters. The number of nitrogens with two attached hydrogens (primary N) is 2. The molecule has 20 heavy (non-hydrogen) atoms. The molecule has 0 aliphatic heterocycles. The molecule has 0 aromatic carbocycles. The van der Waals surface area contributed by atoms with Gasteiger partial charge < -0.3 is 42.1 Å². The van der Waals surface area contributed by atoms with Crippen molar-refractivity contribution in [2.24, 2.45) is 11.5 Å². The number of hydrogen-bond donors (Lipinski definition) is 8. The molecule has 0 bridgehead atoms. The molecule has 0 saturated carbocycles. The van der Waals surface area contributed by atoms with Gasteiger partial charge in [-0.1, -0.05) is 0 Å². The molecule has 0 aromatic heterocycles. The average Bonchev–Trinajstić information content (AvgIpc) is 2.57. The van der Waals surface area contributed by atoms with Gasteiger partial charge in [0.15, 0.2) is 0 Å². The van der Waals surface area contributed by atoms with Crippen LogP contribution in [0.5, 0.6) is 0 Å². The summed E-state index contributed by atoms with van der Waals surface area (Å²) in [5.74, 6) is 0. The molecular formula is C10H30N2O6Sn2. The number of rotatable bonds is 6. The van der Waals surface area contributed by atoms with Crippen LogP contribution in [0.1, 0.15) is 0 Å². The first-order valence-electron chi connectivity index (χ1n) is 5.75. The molecular weight excluding hydrogens is 482 g/mol. The Labute approximate surface area is 147 Å². The quantitative estimate of drug-likeness (QED) is 0.164. The van der Waals surface area contributed by atoms with Crippen LogP contribution in [0, 0.1) is 0 Å². The van der Waals surface area contributed by atoms with E-state index in [2.05, 4.69) is 9.88 Å². The van der Waals surface area contributed by atoms with E-state index in [9.17, 15) is 0 Å². The van der Waals surface area contributed by atoms with Crippen molar-refractivity contribution in [2.75, 3.05) is 39.6 Å². The second-order valence-electron chi connectivity index (χ2n) is 3.67. The Morgan fingerprint density at radius 1 is 0.550 bits per heavy atom. The Bertz CT molecular complexity index is 137. The number of aliphatic hydroxyl groups excluding tert-OH is 6. The zero-order chi connectivity index (χ0) is 17.2. The van der Waals surface area contributed by atoms with E-state index in [1.165, 1.54) is 45.0 Å². The second-order valence-corrected chi connectivity index (χ2v) is 3.67. The minimum absolute atomic E-state index is 0.403. The second kappa shape index (κ2) is 20.3. The van der Waals surface area contributed by atoms with Crippen molar-refractivity contribution in [1.29, 1.82) is 0 Å². The molecule has 10 heteroatoms. The van der Waals surface area contributed by atoms with Crippen LogP contribution in [0.3, 0.4) is 0 Å². The van der Waals surface area contributed by atoms with Crippen LogP contribution < -0.4 is 11.5 Å². The van der Waals surface area contributed by atoms with E-state index in [0.29, 0.717) is 0 Å². The molecule has 0 aliphatic carbocycles. The summed E-state index contributed by atoms with van der Waals surface area (Å²) in [5.41, 5.74) is 7.88. The van der Waals surface area contributed by atoms with Gasteiger partial charge in [0.05, 0.1) is 50.7 Å². The predicted molar refractivity (Wildman–Crippen MR) is 82.4 cm³/mol. The summed E-state index contributed by atoms with van der Waals surface area (Å²) in [6.45, 7) is -2.42. The maximum absolute atomic E-state index is 8.34. The summed E-state index contributed by atoms with van der Waals surface area (Å²) in [6.07, 6.45) is 0. The molecule has 124 valence electrons. The summed E-state index contributed by atoms with van der Waals surface area (Å²) < 4.78 is 0. The fourth-order valence-electron chi connectivity index (χ4n) is 0.300. The zero-order valence-corrected chi connectivity index (χ0v) is 18.8. The first kappa shape index (κ1) is 29.3. The Balaban J connectivity index is -0.000000102. The van der Waals surface area contributed by atoms with Gasteiger partial charge in [0.25, 0.3) is 0 Å². The fraction of sp³-hybridized carbons (Fsp3) is 1.00. The van der Waals surface area contributed by atoms with Crippen LogP contribution in [0.25, 0.3) is 0 Å². The first-order chi connectivity index (χ1) is 9.36. The van der Waals surface area contributed by atoms with E-state index < -0.39 is 50.7 Å². The molecule has 0 rings (SSSR count). The van der Waals surface area contributed by atoms with Gasteiger partial charge in [-0.3, -0.25) is 0 Å². The predicted octanol–water partition coefficient (Wildman–Crippen LogP) is -4.81. The van der Waals surface area contributed by atoms with E-state index in [-0.39, 0.29) is 0 Å². The summed E-state index contributed by atoms with van der Waals surface area (Å²) in [5, 5.41) is 50.0. The summed E-state index contributed by atoms with van der Waals surface area (Å²) >= 11 is 2.70. The topological polar surface area (TPSA) is 173 Å². The third-order valence-electron chi connectivity index (χ3n) is 1.89. The van der Waals surface area contributed by atoms with Crippen LogP contribution in [-0.4, -0.2) is 126 Å². The third-order valence-corrected chi connectivity index (χ3v) is 1.89. The maximum atomic E-state index is 8.34. The Morgan fingerprint density at radius 2 is 0.650 bits per heavy atom. The molecule has 8 nitrogen and oxygen atoms in total. The van der Waals surface area contributed by atoms with E-state index in [1.54, 1.807) is 0 Å². The molecule has 10 N–H and O–H groups in total. The van der Waals surface area contributed by atoms with Crippen LogP contribution in [0.15, 0.2) is 0 Å². The third kappa shape index (κ3) is 17.3. The van der Waals surface area contributed by atoms with Crippen molar-refractivity contribution in [3.8, 4) is 0 Å². The molecule has 0 aromatic rings. The van der Waals surface area contributed by atoms with Crippen molar-refractivity contribution in [2.45, 2.75) is 21.0 Å². The van der Waals surface area contributed by atoms with Crippen LogP contribution >= 0.6 is 0 Å². The van der Waals surface area contributed by atoms with Gasteiger partial charge in [-0.2, -0.15) is 0 Å². The molecule has 0 spiro atoms. The van der Waals surface area contributed by atoms with E-state index in [4.69, 9.17) is 42.1 Å². The Kier molecular flexibility index (Phi) is 29.7. The SMILES string of the molecule is NC(CO)(CO)CO.NC(CO)(CO)CO.[CH3][SnH].[CH3][SnH]. The molecule has 0 aliphatic rings. The standard InChI is InChI=1S/2C4H11NO3.2CH3.2Sn.2H/c2*5-4(1-6,2-7)3-8;;;;;;/h2*6-8H,1-3,5H2;2*1H3;;;;. The van der Waals surface area contributed by atoms with Crippen molar-refractivity contribution in [3.05, 3.63) is 0 Å². The van der Waals surface area contributed by atoms with Crippen LogP contribution in [-0.2, 0) is 0 Å². The van der Waals surface area contributed by atoms with Gasteiger partial charge in [-0.05, 0) is 0 Å². The van der Waals surface area contributed by atoms with Gasteiger partial charge >= 0.3 is 54.9 Å². The number of hydrogen-bond acceptors (Lipinski definition) is 8. The monoisotopic (exact) mass is 514 g/mol.